The second-order valence-electron chi connectivity index (χ2n) is 9.44. The molecule has 1 aliphatic heterocycles. The van der Waals surface area contributed by atoms with Crippen molar-refractivity contribution in [2.24, 2.45) is 5.92 Å². The summed E-state index contributed by atoms with van der Waals surface area (Å²) >= 11 is 13.3. The molecule has 1 saturated heterocycles. The summed E-state index contributed by atoms with van der Waals surface area (Å²) in [5.74, 6) is -0.558. The number of fused-ring (bicyclic) bond motifs is 1. The zero-order valence-electron chi connectivity index (χ0n) is 19.6. The standard InChI is InChI=1S/C26H27Cl2F3N2O2/c1-15-9-19(26(29,30)31)11-20-16(2)12-33(25(15)20)14-21-22(27)4-3-18(24(21)28)13-32-7-5-17(6-8-32)10-23(34)35/h3-4,9,11-12,17H,5-8,10,13-14H2,1-2H3,(H,34,35). The van der Waals surface area contributed by atoms with Gasteiger partial charge in [0, 0.05) is 35.1 Å². The molecule has 2 aromatic carbocycles. The molecular weight excluding hydrogens is 500 g/mol. The highest BCUT2D eigenvalue weighted by atomic mass is 35.5. The average Bonchev–Trinajstić information content (AvgIpc) is 3.09. The van der Waals surface area contributed by atoms with Crippen LogP contribution in [0.15, 0.2) is 30.5 Å². The van der Waals surface area contributed by atoms with E-state index in [4.69, 9.17) is 28.3 Å². The van der Waals surface area contributed by atoms with Gasteiger partial charge in [-0.15, -0.1) is 0 Å². The summed E-state index contributed by atoms with van der Waals surface area (Å²) < 4.78 is 41.9. The van der Waals surface area contributed by atoms with E-state index < -0.39 is 17.7 Å². The van der Waals surface area contributed by atoms with E-state index in [1.807, 2.05) is 22.9 Å². The van der Waals surface area contributed by atoms with Crippen molar-refractivity contribution in [1.29, 1.82) is 0 Å². The van der Waals surface area contributed by atoms with E-state index >= 15 is 0 Å². The summed E-state index contributed by atoms with van der Waals surface area (Å²) in [4.78, 5) is 13.2. The number of piperidine rings is 1. The lowest BCUT2D eigenvalue weighted by molar-refractivity contribution is -0.139. The van der Waals surface area contributed by atoms with E-state index in [1.165, 1.54) is 12.1 Å². The number of aryl methyl sites for hydroxylation is 2. The van der Waals surface area contributed by atoms with Gasteiger partial charge in [-0.25, -0.2) is 0 Å². The third kappa shape index (κ3) is 5.63. The van der Waals surface area contributed by atoms with Crippen LogP contribution in [-0.2, 0) is 24.1 Å². The van der Waals surface area contributed by atoms with Gasteiger partial charge in [-0.1, -0.05) is 29.3 Å². The number of nitrogens with zero attached hydrogens (tertiary/aromatic N) is 2. The largest absolute Gasteiger partial charge is 0.481 e. The smallest absolute Gasteiger partial charge is 0.416 e. The van der Waals surface area contributed by atoms with Crippen LogP contribution in [0.1, 0.15) is 47.1 Å². The molecule has 188 valence electrons. The van der Waals surface area contributed by atoms with E-state index in [9.17, 15) is 18.0 Å². The molecule has 4 nitrogen and oxygen atoms in total. The van der Waals surface area contributed by atoms with Crippen molar-refractivity contribution in [2.75, 3.05) is 13.1 Å². The van der Waals surface area contributed by atoms with E-state index in [2.05, 4.69) is 4.90 Å². The van der Waals surface area contributed by atoms with E-state index in [0.717, 1.165) is 48.1 Å². The Kier molecular flexibility index (Phi) is 7.41. The van der Waals surface area contributed by atoms with Crippen LogP contribution in [0.4, 0.5) is 13.2 Å². The monoisotopic (exact) mass is 526 g/mol. The number of benzene rings is 2. The van der Waals surface area contributed by atoms with Crippen molar-refractivity contribution >= 4 is 40.1 Å². The van der Waals surface area contributed by atoms with Gasteiger partial charge >= 0.3 is 12.1 Å². The quantitative estimate of drug-likeness (QED) is 0.366. The Labute approximate surface area is 212 Å². The Hall–Kier alpha value is -2.22. The molecule has 0 atom stereocenters. The lowest BCUT2D eigenvalue weighted by Crippen LogP contribution is -2.34. The van der Waals surface area contributed by atoms with E-state index in [0.29, 0.717) is 34.1 Å². The van der Waals surface area contributed by atoms with Gasteiger partial charge in [0.1, 0.15) is 0 Å². The predicted molar refractivity (Wildman–Crippen MR) is 132 cm³/mol. The maximum Gasteiger partial charge on any atom is 0.416 e. The number of carboxylic acids is 1. The van der Waals surface area contributed by atoms with Gasteiger partial charge in [0.15, 0.2) is 0 Å². The van der Waals surface area contributed by atoms with Crippen molar-refractivity contribution in [3.63, 3.8) is 0 Å². The third-order valence-electron chi connectivity index (χ3n) is 6.85. The number of halogens is 5. The van der Waals surface area contributed by atoms with Crippen LogP contribution >= 0.6 is 23.2 Å². The maximum absolute atomic E-state index is 13.3. The number of carboxylic acid groups (broad SMARTS) is 1. The molecule has 2 heterocycles. The minimum Gasteiger partial charge on any atom is -0.481 e. The number of hydrogen-bond acceptors (Lipinski definition) is 2. The fraction of sp³-hybridized carbons (Fsp3) is 0.423. The number of carbonyl (C=O) groups is 1. The Morgan fingerprint density at radius 3 is 2.40 bits per heavy atom. The predicted octanol–water partition coefficient (Wildman–Crippen LogP) is 7.32. The molecule has 0 bridgehead atoms. The average molecular weight is 527 g/mol. The van der Waals surface area contributed by atoms with Crippen LogP contribution in [0.5, 0.6) is 0 Å². The van der Waals surface area contributed by atoms with Crippen LogP contribution in [-0.4, -0.2) is 33.6 Å². The van der Waals surface area contributed by atoms with Crippen LogP contribution in [0.3, 0.4) is 0 Å². The van der Waals surface area contributed by atoms with Crippen molar-refractivity contribution in [1.82, 2.24) is 9.47 Å². The second kappa shape index (κ2) is 10.0. The SMILES string of the molecule is Cc1cn(Cc2c(Cl)ccc(CN3CCC(CC(=O)O)CC3)c2Cl)c2c(C)cc(C(F)(F)F)cc12. The number of alkyl halides is 3. The van der Waals surface area contributed by atoms with Gasteiger partial charge in [-0.3, -0.25) is 9.69 Å². The molecule has 1 N–H and O–H groups in total. The summed E-state index contributed by atoms with van der Waals surface area (Å²) in [6.07, 6.45) is -0.703. The van der Waals surface area contributed by atoms with Crippen molar-refractivity contribution in [2.45, 2.75) is 52.4 Å². The van der Waals surface area contributed by atoms with Gasteiger partial charge in [0.2, 0.25) is 0 Å². The zero-order valence-corrected chi connectivity index (χ0v) is 21.1. The highest BCUT2D eigenvalue weighted by Gasteiger charge is 2.31. The number of aromatic nitrogens is 1. The van der Waals surface area contributed by atoms with Crippen LogP contribution in [0, 0.1) is 19.8 Å². The highest BCUT2D eigenvalue weighted by Crippen LogP contribution is 2.37. The number of hydrogen-bond donors (Lipinski definition) is 1. The molecule has 0 radical (unpaired) electrons. The van der Waals surface area contributed by atoms with Crippen LogP contribution < -0.4 is 0 Å². The van der Waals surface area contributed by atoms with Gasteiger partial charge in [0.05, 0.1) is 22.6 Å². The van der Waals surface area contributed by atoms with Crippen molar-refractivity contribution in [3.05, 3.63) is 68.3 Å². The Balaban J connectivity index is 1.59. The van der Waals surface area contributed by atoms with Gasteiger partial charge in [-0.2, -0.15) is 13.2 Å². The molecular formula is C26H27Cl2F3N2O2. The van der Waals surface area contributed by atoms with Crippen LogP contribution in [0.25, 0.3) is 10.9 Å². The lowest BCUT2D eigenvalue weighted by Gasteiger charge is -2.31. The molecule has 0 unspecified atom stereocenters. The first kappa shape index (κ1) is 25.9. The summed E-state index contributed by atoms with van der Waals surface area (Å²) in [5.41, 5.74) is 3.01. The second-order valence-corrected chi connectivity index (χ2v) is 10.2. The molecule has 0 saturated carbocycles. The topological polar surface area (TPSA) is 45.5 Å². The Morgan fingerprint density at radius 1 is 1.09 bits per heavy atom. The summed E-state index contributed by atoms with van der Waals surface area (Å²) in [5, 5.41) is 10.6. The van der Waals surface area contributed by atoms with E-state index in [-0.39, 0.29) is 12.3 Å². The van der Waals surface area contributed by atoms with Gasteiger partial charge in [-0.05, 0) is 80.6 Å². The first-order valence-electron chi connectivity index (χ1n) is 11.5. The van der Waals surface area contributed by atoms with Gasteiger partial charge in [0.25, 0.3) is 0 Å². The molecule has 1 aromatic heterocycles. The highest BCUT2D eigenvalue weighted by molar-refractivity contribution is 6.36. The first-order chi connectivity index (χ1) is 16.4. The van der Waals surface area contributed by atoms with Crippen molar-refractivity contribution in [3.8, 4) is 0 Å². The molecule has 3 aromatic rings. The Bertz CT molecular complexity index is 1260. The molecule has 35 heavy (non-hydrogen) atoms. The summed E-state index contributed by atoms with van der Waals surface area (Å²) in [6, 6.07) is 6.08. The molecule has 0 aliphatic carbocycles. The fourth-order valence-electron chi connectivity index (χ4n) is 5.04. The molecule has 4 rings (SSSR count). The first-order valence-corrected chi connectivity index (χ1v) is 12.3. The minimum atomic E-state index is -4.41. The summed E-state index contributed by atoms with van der Waals surface area (Å²) in [7, 11) is 0. The Morgan fingerprint density at radius 2 is 1.77 bits per heavy atom. The zero-order chi connectivity index (χ0) is 25.5. The van der Waals surface area contributed by atoms with Crippen LogP contribution in [0.2, 0.25) is 10.0 Å². The number of aliphatic carboxylic acids is 1. The van der Waals surface area contributed by atoms with E-state index in [1.54, 1.807) is 13.8 Å². The normalized spacial score (nSPS) is 15.7. The minimum absolute atomic E-state index is 0.200. The van der Waals surface area contributed by atoms with Gasteiger partial charge < -0.3 is 9.67 Å². The third-order valence-corrected chi connectivity index (χ3v) is 7.67. The molecule has 1 fully saturated rings. The molecule has 9 heteroatoms. The lowest BCUT2D eigenvalue weighted by atomic mass is 9.93. The number of likely N-dealkylation sites (tertiary alicyclic amines) is 1. The summed E-state index contributed by atoms with van der Waals surface area (Å²) in [6.45, 7) is 6.04. The molecule has 0 amide bonds. The number of rotatable bonds is 6. The fourth-order valence-corrected chi connectivity index (χ4v) is 5.59. The van der Waals surface area contributed by atoms with Crippen molar-refractivity contribution < 1.29 is 23.1 Å². The molecule has 1 aliphatic rings. The molecule has 0 spiro atoms. The maximum atomic E-state index is 13.3.